The van der Waals surface area contributed by atoms with Gasteiger partial charge in [-0.3, -0.25) is 0 Å². The molecule has 1 aromatic heterocycles. The first kappa shape index (κ1) is 9.99. The Balaban J connectivity index is 2.07. The molecule has 0 atom stereocenters. The molecule has 0 saturated heterocycles. The molecule has 0 unspecified atom stereocenters. The highest BCUT2D eigenvalue weighted by Crippen LogP contribution is 2.24. The van der Waals surface area contributed by atoms with E-state index in [9.17, 15) is 0 Å². The van der Waals surface area contributed by atoms with Crippen LogP contribution in [0.3, 0.4) is 0 Å². The first-order valence-electron chi connectivity index (χ1n) is 4.61. The number of hydrogen-bond donors (Lipinski definition) is 0. The first-order chi connectivity index (χ1) is 6.74. The second-order valence-electron chi connectivity index (χ2n) is 3.32. The standard InChI is InChI=1S/C9H10Cl2N2O/c10-7-5-8(13-9(11)12-7)14-6-3-1-2-4-6/h5-6H,1-4H2. The number of halogens is 2. The minimum Gasteiger partial charge on any atom is -0.474 e. The average molecular weight is 233 g/mol. The van der Waals surface area contributed by atoms with Gasteiger partial charge in [0.2, 0.25) is 11.2 Å². The molecule has 0 radical (unpaired) electrons. The molecule has 1 aliphatic carbocycles. The van der Waals surface area contributed by atoms with Crippen molar-refractivity contribution >= 4 is 23.2 Å². The van der Waals surface area contributed by atoms with E-state index in [0.717, 1.165) is 12.8 Å². The minimum absolute atomic E-state index is 0.130. The molecule has 2 rings (SSSR count). The van der Waals surface area contributed by atoms with Crippen molar-refractivity contribution in [2.45, 2.75) is 31.8 Å². The van der Waals surface area contributed by atoms with Crippen LogP contribution in [0.5, 0.6) is 5.88 Å². The van der Waals surface area contributed by atoms with Crippen LogP contribution in [0.4, 0.5) is 0 Å². The maximum atomic E-state index is 5.72. The Hall–Kier alpha value is -0.540. The van der Waals surface area contributed by atoms with E-state index < -0.39 is 0 Å². The van der Waals surface area contributed by atoms with Crippen LogP contribution >= 0.6 is 23.2 Å². The predicted octanol–water partition coefficient (Wildman–Crippen LogP) is 3.10. The smallest absolute Gasteiger partial charge is 0.227 e. The normalized spacial score (nSPS) is 17.3. The van der Waals surface area contributed by atoms with Crippen molar-refractivity contribution in [1.29, 1.82) is 0 Å². The zero-order valence-corrected chi connectivity index (χ0v) is 9.05. The largest absolute Gasteiger partial charge is 0.474 e. The van der Waals surface area contributed by atoms with Gasteiger partial charge in [-0.25, -0.2) is 4.98 Å². The lowest BCUT2D eigenvalue weighted by Gasteiger charge is -2.11. The summed E-state index contributed by atoms with van der Waals surface area (Å²) in [4.78, 5) is 7.69. The van der Waals surface area contributed by atoms with Gasteiger partial charge in [0.05, 0.1) is 0 Å². The number of rotatable bonds is 2. The van der Waals surface area contributed by atoms with E-state index in [1.807, 2.05) is 0 Å². The molecule has 1 fully saturated rings. The third-order valence-corrected chi connectivity index (χ3v) is 2.60. The predicted molar refractivity (Wildman–Crippen MR) is 54.9 cm³/mol. The molecule has 0 spiro atoms. The summed E-state index contributed by atoms with van der Waals surface area (Å²) in [5.74, 6) is 0.474. The lowest BCUT2D eigenvalue weighted by molar-refractivity contribution is 0.201. The molecule has 0 aliphatic heterocycles. The van der Waals surface area contributed by atoms with Crippen LogP contribution < -0.4 is 4.74 Å². The average Bonchev–Trinajstić information content (AvgIpc) is 2.54. The molecule has 0 N–H and O–H groups in total. The molecular weight excluding hydrogens is 223 g/mol. The summed E-state index contributed by atoms with van der Waals surface area (Å²) in [5.41, 5.74) is 0. The van der Waals surface area contributed by atoms with E-state index in [4.69, 9.17) is 27.9 Å². The fourth-order valence-electron chi connectivity index (χ4n) is 1.61. The van der Waals surface area contributed by atoms with Crippen LogP contribution in [0.15, 0.2) is 6.07 Å². The Morgan fingerprint density at radius 1 is 1.21 bits per heavy atom. The molecule has 1 heterocycles. The van der Waals surface area contributed by atoms with E-state index in [1.165, 1.54) is 12.8 Å². The van der Waals surface area contributed by atoms with Gasteiger partial charge in [-0.15, -0.1) is 0 Å². The molecule has 1 saturated carbocycles. The summed E-state index contributed by atoms with van der Waals surface area (Å²) in [5, 5.41) is 0.448. The number of ether oxygens (including phenoxy) is 1. The lowest BCUT2D eigenvalue weighted by atomic mass is 10.3. The van der Waals surface area contributed by atoms with E-state index in [1.54, 1.807) is 6.07 Å². The van der Waals surface area contributed by atoms with Crippen LogP contribution in [0, 0.1) is 0 Å². The Morgan fingerprint density at radius 2 is 1.93 bits per heavy atom. The van der Waals surface area contributed by atoms with Crippen LogP contribution in [0.25, 0.3) is 0 Å². The van der Waals surface area contributed by atoms with Gasteiger partial charge in [0.1, 0.15) is 11.3 Å². The van der Waals surface area contributed by atoms with Crippen LogP contribution in [-0.4, -0.2) is 16.1 Å². The Kier molecular flexibility index (Phi) is 3.08. The maximum Gasteiger partial charge on any atom is 0.227 e. The molecule has 76 valence electrons. The third-order valence-electron chi connectivity index (χ3n) is 2.23. The monoisotopic (exact) mass is 232 g/mol. The molecular formula is C9H10Cl2N2O. The van der Waals surface area contributed by atoms with Crippen molar-refractivity contribution in [2.75, 3.05) is 0 Å². The number of nitrogens with zero attached hydrogens (tertiary/aromatic N) is 2. The molecule has 0 bridgehead atoms. The highest BCUT2D eigenvalue weighted by atomic mass is 35.5. The molecule has 0 amide bonds. The SMILES string of the molecule is Clc1cc(OC2CCCC2)nc(Cl)n1. The maximum absolute atomic E-state index is 5.72. The van der Waals surface area contributed by atoms with Gasteiger partial charge in [0, 0.05) is 6.07 Å². The van der Waals surface area contributed by atoms with Gasteiger partial charge in [-0.05, 0) is 37.3 Å². The quantitative estimate of drug-likeness (QED) is 0.581. The zero-order chi connectivity index (χ0) is 9.97. The van der Waals surface area contributed by atoms with Crippen molar-refractivity contribution in [1.82, 2.24) is 9.97 Å². The summed E-state index contributed by atoms with van der Waals surface area (Å²) >= 11 is 11.4. The van der Waals surface area contributed by atoms with Crippen molar-refractivity contribution in [3.8, 4) is 5.88 Å². The van der Waals surface area contributed by atoms with E-state index >= 15 is 0 Å². The second kappa shape index (κ2) is 4.32. The fraction of sp³-hybridized carbons (Fsp3) is 0.556. The zero-order valence-electron chi connectivity index (χ0n) is 7.54. The highest BCUT2D eigenvalue weighted by molar-refractivity contribution is 6.31. The summed E-state index contributed by atoms with van der Waals surface area (Å²) in [7, 11) is 0. The molecule has 1 aliphatic rings. The van der Waals surface area contributed by atoms with Crippen molar-refractivity contribution in [3.05, 3.63) is 16.5 Å². The first-order valence-corrected chi connectivity index (χ1v) is 5.36. The second-order valence-corrected chi connectivity index (χ2v) is 4.05. The van der Waals surface area contributed by atoms with Gasteiger partial charge in [0.25, 0.3) is 0 Å². The summed E-state index contributed by atoms with van der Waals surface area (Å²) < 4.78 is 5.62. The Labute approximate surface area is 92.4 Å². The van der Waals surface area contributed by atoms with Crippen molar-refractivity contribution < 1.29 is 4.74 Å². The molecule has 3 nitrogen and oxygen atoms in total. The molecule has 5 heteroatoms. The van der Waals surface area contributed by atoms with E-state index in [0.29, 0.717) is 11.0 Å². The Morgan fingerprint density at radius 3 is 2.57 bits per heavy atom. The van der Waals surface area contributed by atoms with Gasteiger partial charge in [0.15, 0.2) is 0 Å². The van der Waals surface area contributed by atoms with Crippen LogP contribution in [0.1, 0.15) is 25.7 Å². The van der Waals surface area contributed by atoms with E-state index in [2.05, 4.69) is 9.97 Å². The number of aromatic nitrogens is 2. The number of hydrogen-bond acceptors (Lipinski definition) is 3. The lowest BCUT2D eigenvalue weighted by Crippen LogP contribution is -2.12. The minimum atomic E-state index is 0.130. The summed E-state index contributed by atoms with van der Waals surface area (Å²) in [6.45, 7) is 0. The fourth-order valence-corrected chi connectivity index (χ4v) is 2.00. The van der Waals surface area contributed by atoms with Gasteiger partial charge in [-0.2, -0.15) is 4.98 Å². The van der Waals surface area contributed by atoms with Gasteiger partial charge in [-0.1, -0.05) is 11.6 Å². The van der Waals surface area contributed by atoms with Crippen LogP contribution in [0.2, 0.25) is 10.4 Å². The van der Waals surface area contributed by atoms with Crippen molar-refractivity contribution in [2.24, 2.45) is 0 Å². The molecule has 1 aromatic rings. The Bertz CT molecular complexity index is 306. The van der Waals surface area contributed by atoms with Crippen LogP contribution in [-0.2, 0) is 0 Å². The van der Waals surface area contributed by atoms with Gasteiger partial charge < -0.3 is 4.74 Å². The van der Waals surface area contributed by atoms with Crippen molar-refractivity contribution in [3.63, 3.8) is 0 Å². The van der Waals surface area contributed by atoms with E-state index in [-0.39, 0.29) is 11.4 Å². The third kappa shape index (κ3) is 2.49. The van der Waals surface area contributed by atoms with Gasteiger partial charge >= 0.3 is 0 Å². The summed E-state index contributed by atoms with van der Waals surface area (Å²) in [6, 6.07) is 1.59. The summed E-state index contributed by atoms with van der Waals surface area (Å²) in [6.07, 6.45) is 4.87. The topological polar surface area (TPSA) is 35.0 Å². The molecule has 14 heavy (non-hydrogen) atoms. The highest BCUT2D eigenvalue weighted by Gasteiger charge is 2.17. The molecule has 0 aromatic carbocycles.